The van der Waals surface area contributed by atoms with Crippen LogP contribution in [-0.2, 0) is 33.3 Å². The fourth-order valence-corrected chi connectivity index (χ4v) is 3.57. The van der Waals surface area contributed by atoms with Crippen LogP contribution in [-0.4, -0.2) is 65.3 Å². The van der Waals surface area contributed by atoms with Gasteiger partial charge in [-0.3, -0.25) is 4.79 Å². The Morgan fingerprint density at radius 3 is 2.04 bits per heavy atom. The van der Waals surface area contributed by atoms with Crippen molar-refractivity contribution in [3.8, 4) is 0 Å². The molecule has 0 aliphatic carbocycles. The van der Waals surface area contributed by atoms with Crippen LogP contribution < -0.4 is 5.32 Å². The maximum absolute atomic E-state index is 12.8. The fourth-order valence-electron chi connectivity index (χ4n) is 3.57. The summed E-state index contributed by atoms with van der Waals surface area (Å²) >= 11 is 0. The van der Waals surface area contributed by atoms with Gasteiger partial charge in [0.05, 0.1) is 0 Å². The molecular weight excluding hydrogens is 346 g/mol. The van der Waals surface area contributed by atoms with Gasteiger partial charge in [0.2, 0.25) is 0 Å². The van der Waals surface area contributed by atoms with Gasteiger partial charge < -0.3 is 34.1 Å². The van der Waals surface area contributed by atoms with Crippen molar-refractivity contribution in [2.45, 2.75) is 89.9 Å². The van der Waals surface area contributed by atoms with Crippen molar-refractivity contribution in [1.29, 1.82) is 0 Å². The molecule has 0 aromatic rings. The molecule has 148 valence electrons. The van der Waals surface area contributed by atoms with Crippen LogP contribution in [0.5, 0.6) is 0 Å². The number of carboxylic acid groups (broad SMARTS) is 1. The Bertz CT molecular complexity index is 589. The van der Waals surface area contributed by atoms with Gasteiger partial charge in [0.15, 0.2) is 24.0 Å². The van der Waals surface area contributed by atoms with E-state index in [1.165, 1.54) is 0 Å². The van der Waals surface area contributed by atoms with Crippen molar-refractivity contribution < 1.29 is 38.4 Å². The van der Waals surface area contributed by atoms with E-state index < -0.39 is 60.2 Å². The van der Waals surface area contributed by atoms with Crippen molar-refractivity contribution >= 4 is 11.9 Å². The number of carbonyl (C=O) groups is 2. The number of nitrogens with one attached hydrogen (secondary N) is 1. The largest absolute Gasteiger partial charge is 0.480 e. The first kappa shape index (κ1) is 19.5. The monoisotopic (exact) mass is 373 g/mol. The van der Waals surface area contributed by atoms with E-state index in [0.29, 0.717) is 0 Å². The summed E-state index contributed by atoms with van der Waals surface area (Å²) in [5, 5.41) is 11.9. The lowest BCUT2D eigenvalue weighted by atomic mass is 9.97. The minimum absolute atomic E-state index is 0.286. The van der Waals surface area contributed by atoms with E-state index in [1.54, 1.807) is 41.5 Å². The van der Waals surface area contributed by atoms with Gasteiger partial charge in [-0.15, -0.1) is 0 Å². The number of fused-ring (bicyclic) bond motifs is 3. The topological polar surface area (TPSA) is 113 Å². The SMILES string of the molecule is CC(C)[C@@H](NC(=O)[C@@H]1O[C@@H]2OC(C)(C)O[C@@H]2[C@H]2OC(C)(C)O[C@H]21)C(=O)O. The third-order valence-electron chi connectivity index (χ3n) is 4.64. The van der Waals surface area contributed by atoms with Crippen molar-refractivity contribution in [1.82, 2.24) is 5.32 Å². The molecule has 1 amide bonds. The van der Waals surface area contributed by atoms with Gasteiger partial charge in [-0.25, -0.2) is 4.79 Å². The van der Waals surface area contributed by atoms with Gasteiger partial charge in [-0.05, 0) is 33.6 Å². The second-order valence-electron chi connectivity index (χ2n) is 8.16. The summed E-state index contributed by atoms with van der Waals surface area (Å²) < 4.78 is 29.2. The molecular formula is C17H27NO8. The molecule has 0 unspecified atom stereocenters. The second kappa shape index (κ2) is 6.42. The molecule has 3 fully saturated rings. The summed E-state index contributed by atoms with van der Waals surface area (Å²) in [6.07, 6.45) is -3.71. The Kier molecular flexibility index (Phi) is 4.81. The number of amides is 1. The summed E-state index contributed by atoms with van der Waals surface area (Å²) in [7, 11) is 0. The number of hydrogen-bond acceptors (Lipinski definition) is 7. The van der Waals surface area contributed by atoms with Crippen LogP contribution in [0.4, 0.5) is 0 Å². The number of carbonyl (C=O) groups excluding carboxylic acids is 1. The molecule has 3 rings (SSSR count). The molecule has 0 spiro atoms. The average Bonchev–Trinajstić information content (AvgIpc) is 2.96. The first-order chi connectivity index (χ1) is 11.9. The molecule has 0 aromatic heterocycles. The molecule has 9 nitrogen and oxygen atoms in total. The summed E-state index contributed by atoms with van der Waals surface area (Å²) in [6, 6.07) is -1.03. The van der Waals surface area contributed by atoms with Crippen LogP contribution in [0.1, 0.15) is 41.5 Å². The van der Waals surface area contributed by atoms with E-state index in [4.69, 9.17) is 23.7 Å². The molecule has 2 N–H and O–H groups in total. The van der Waals surface area contributed by atoms with Crippen molar-refractivity contribution in [2.75, 3.05) is 0 Å². The number of hydrogen-bond donors (Lipinski definition) is 2. The smallest absolute Gasteiger partial charge is 0.326 e. The Morgan fingerprint density at radius 2 is 1.46 bits per heavy atom. The summed E-state index contributed by atoms with van der Waals surface area (Å²) in [4.78, 5) is 24.2. The van der Waals surface area contributed by atoms with Crippen LogP contribution in [0, 0.1) is 5.92 Å². The molecule has 0 radical (unpaired) electrons. The van der Waals surface area contributed by atoms with Gasteiger partial charge in [0.1, 0.15) is 24.4 Å². The Balaban J connectivity index is 1.82. The van der Waals surface area contributed by atoms with E-state index >= 15 is 0 Å². The molecule has 0 saturated carbocycles. The Labute approximate surface area is 152 Å². The summed E-state index contributed by atoms with van der Waals surface area (Å²) in [5.74, 6) is -3.78. The van der Waals surface area contributed by atoms with E-state index in [9.17, 15) is 14.7 Å². The zero-order valence-corrected chi connectivity index (χ0v) is 15.8. The minimum Gasteiger partial charge on any atom is -0.480 e. The van der Waals surface area contributed by atoms with Crippen LogP contribution in [0.25, 0.3) is 0 Å². The Morgan fingerprint density at radius 1 is 0.923 bits per heavy atom. The standard InChI is InChI=1S/C17H27NO8/c1-7(2)8(14(20)21)18-13(19)11-9-10(24-16(3,4)23-9)12-15(22-11)26-17(5,6)25-12/h7-12,15H,1-6H3,(H,18,19)(H,20,21)/t8-,9-,10+,11-,12-,15-/m1/s1. The number of aliphatic carboxylic acids is 1. The van der Waals surface area contributed by atoms with Gasteiger partial charge in [0.25, 0.3) is 5.91 Å². The molecule has 0 bridgehead atoms. The van der Waals surface area contributed by atoms with Gasteiger partial charge in [-0.2, -0.15) is 0 Å². The molecule has 3 aliphatic rings. The predicted molar refractivity (Wildman–Crippen MR) is 86.9 cm³/mol. The quantitative estimate of drug-likeness (QED) is 0.737. The predicted octanol–water partition coefficient (Wildman–Crippen LogP) is 0.608. The number of rotatable bonds is 4. The van der Waals surface area contributed by atoms with Crippen molar-refractivity contribution in [2.24, 2.45) is 5.92 Å². The van der Waals surface area contributed by atoms with Crippen LogP contribution >= 0.6 is 0 Å². The summed E-state index contributed by atoms with van der Waals surface area (Å²) in [6.45, 7) is 10.4. The minimum atomic E-state index is -1.11. The molecule has 3 heterocycles. The van der Waals surface area contributed by atoms with E-state index in [1.807, 2.05) is 0 Å². The highest BCUT2D eigenvalue weighted by Crippen LogP contribution is 2.44. The normalized spacial score (nSPS) is 38.5. The highest BCUT2D eigenvalue weighted by Gasteiger charge is 2.62. The molecule has 6 atom stereocenters. The second-order valence-corrected chi connectivity index (χ2v) is 8.16. The number of ether oxygens (including phenoxy) is 5. The van der Waals surface area contributed by atoms with E-state index in [0.717, 1.165) is 0 Å². The zero-order valence-electron chi connectivity index (χ0n) is 15.8. The third kappa shape index (κ3) is 3.59. The molecule has 26 heavy (non-hydrogen) atoms. The average molecular weight is 373 g/mol. The fraction of sp³-hybridized carbons (Fsp3) is 0.882. The van der Waals surface area contributed by atoms with Crippen molar-refractivity contribution in [3.05, 3.63) is 0 Å². The van der Waals surface area contributed by atoms with E-state index in [2.05, 4.69) is 5.32 Å². The van der Waals surface area contributed by atoms with Crippen LogP contribution in [0.3, 0.4) is 0 Å². The molecule has 3 saturated heterocycles. The van der Waals surface area contributed by atoms with Crippen LogP contribution in [0.15, 0.2) is 0 Å². The maximum Gasteiger partial charge on any atom is 0.326 e. The lowest BCUT2D eigenvalue weighted by molar-refractivity contribution is -0.231. The first-order valence-corrected chi connectivity index (χ1v) is 8.80. The number of carboxylic acids is 1. The molecule has 3 aliphatic heterocycles. The lowest BCUT2D eigenvalue weighted by Crippen LogP contribution is -2.61. The third-order valence-corrected chi connectivity index (χ3v) is 4.64. The van der Waals surface area contributed by atoms with Crippen molar-refractivity contribution in [3.63, 3.8) is 0 Å². The van der Waals surface area contributed by atoms with Crippen LogP contribution in [0.2, 0.25) is 0 Å². The highest BCUT2D eigenvalue weighted by molar-refractivity contribution is 5.87. The lowest BCUT2D eigenvalue weighted by Gasteiger charge is -2.37. The van der Waals surface area contributed by atoms with Gasteiger partial charge in [0, 0.05) is 0 Å². The maximum atomic E-state index is 12.8. The molecule has 0 aromatic carbocycles. The first-order valence-electron chi connectivity index (χ1n) is 8.80. The highest BCUT2D eigenvalue weighted by atomic mass is 16.9. The zero-order chi connectivity index (χ0) is 19.4. The summed E-state index contributed by atoms with van der Waals surface area (Å²) in [5.41, 5.74) is 0. The molecule has 9 heteroatoms. The van der Waals surface area contributed by atoms with E-state index in [-0.39, 0.29) is 5.92 Å². The van der Waals surface area contributed by atoms with Gasteiger partial charge >= 0.3 is 5.97 Å². The van der Waals surface area contributed by atoms with Gasteiger partial charge in [-0.1, -0.05) is 13.8 Å². The Hall–Kier alpha value is -1.26.